The highest BCUT2D eigenvalue weighted by Crippen LogP contribution is 2.34. The van der Waals surface area contributed by atoms with E-state index in [2.05, 4.69) is 5.10 Å². The molecule has 214 valence electrons. The zero-order valence-electron chi connectivity index (χ0n) is 22.0. The van der Waals surface area contributed by atoms with Crippen LogP contribution in [0.2, 0.25) is 0 Å². The summed E-state index contributed by atoms with van der Waals surface area (Å²) in [6.07, 6.45) is 1.34. The highest BCUT2D eigenvalue weighted by molar-refractivity contribution is 7.89. The molecule has 41 heavy (non-hydrogen) atoms. The van der Waals surface area contributed by atoms with Crippen LogP contribution in [0.15, 0.2) is 79.4 Å². The molecule has 1 aliphatic heterocycles. The average molecular weight is 600 g/mol. The molecule has 1 aliphatic rings. The topological polar surface area (TPSA) is 151 Å². The van der Waals surface area contributed by atoms with Crippen LogP contribution in [0, 0.1) is 10.1 Å². The number of rotatable bonds is 9. The molecule has 0 saturated carbocycles. The third-order valence-corrected chi connectivity index (χ3v) is 8.86. The van der Waals surface area contributed by atoms with E-state index in [1.165, 1.54) is 50.8 Å². The quantitative estimate of drug-likeness (QED) is 0.160. The maximum absolute atomic E-state index is 13.0. The molecule has 2 aromatic heterocycles. The molecule has 13 nitrogen and oxygen atoms in total. The van der Waals surface area contributed by atoms with Gasteiger partial charge in [0, 0.05) is 24.0 Å². The van der Waals surface area contributed by atoms with Gasteiger partial charge < -0.3 is 18.6 Å². The molecule has 0 spiro atoms. The van der Waals surface area contributed by atoms with Crippen LogP contribution in [0.5, 0.6) is 11.5 Å². The Balaban J connectivity index is 1.56. The molecule has 1 fully saturated rings. The van der Waals surface area contributed by atoms with Gasteiger partial charge in [0.1, 0.15) is 16.4 Å². The van der Waals surface area contributed by atoms with Crippen molar-refractivity contribution < 1.29 is 32.0 Å². The second-order valence-corrected chi connectivity index (χ2v) is 11.4. The zero-order chi connectivity index (χ0) is 29.0. The van der Waals surface area contributed by atoms with Crippen molar-refractivity contribution in [2.45, 2.75) is 4.90 Å². The maximum atomic E-state index is 13.0. The number of nitrogens with zero attached hydrogens (tertiary/aromatic N) is 5. The van der Waals surface area contributed by atoms with Gasteiger partial charge in [0.25, 0.3) is 0 Å². The molecule has 3 heterocycles. The zero-order valence-corrected chi connectivity index (χ0v) is 23.6. The Morgan fingerprint density at radius 2 is 1.80 bits per heavy atom. The van der Waals surface area contributed by atoms with E-state index in [1.807, 2.05) is 5.38 Å². The number of ether oxygens (including phenoxy) is 3. The summed E-state index contributed by atoms with van der Waals surface area (Å²) in [7, 11) is -0.547. The molecule has 0 N–H and O–H groups in total. The number of aromatic nitrogens is 1. The summed E-state index contributed by atoms with van der Waals surface area (Å²) in [5.41, 5.74) is 1.77. The Hall–Kier alpha value is -4.31. The van der Waals surface area contributed by atoms with Gasteiger partial charge in [-0.3, -0.25) is 10.1 Å². The van der Waals surface area contributed by atoms with E-state index in [1.54, 1.807) is 44.6 Å². The van der Waals surface area contributed by atoms with E-state index in [0.29, 0.717) is 59.5 Å². The van der Waals surface area contributed by atoms with Crippen LogP contribution < -0.4 is 14.3 Å². The number of nitro groups is 1. The lowest BCUT2D eigenvalue weighted by Gasteiger charge is -2.26. The highest BCUT2D eigenvalue weighted by atomic mass is 32.2. The van der Waals surface area contributed by atoms with Crippen molar-refractivity contribution >= 4 is 39.1 Å². The van der Waals surface area contributed by atoms with Gasteiger partial charge in [0.15, 0.2) is 5.76 Å². The first-order valence-electron chi connectivity index (χ1n) is 12.2. The van der Waals surface area contributed by atoms with Crippen LogP contribution in [0.4, 0.5) is 11.6 Å². The molecule has 0 radical (unpaired) electrons. The molecule has 0 amide bonds. The lowest BCUT2D eigenvalue weighted by molar-refractivity contribution is -0.402. The summed E-state index contributed by atoms with van der Waals surface area (Å²) in [6, 6.07) is 14.2. The third-order valence-electron chi connectivity index (χ3n) is 6.13. The fourth-order valence-electron chi connectivity index (χ4n) is 4.05. The Morgan fingerprint density at radius 3 is 2.46 bits per heavy atom. The molecule has 0 aliphatic carbocycles. The van der Waals surface area contributed by atoms with Crippen molar-refractivity contribution in [3.05, 3.63) is 80.7 Å². The summed E-state index contributed by atoms with van der Waals surface area (Å²) in [5.74, 6) is 0.918. The van der Waals surface area contributed by atoms with Gasteiger partial charge in [0.2, 0.25) is 14.8 Å². The number of thiazole rings is 1. The number of furan rings is 1. The van der Waals surface area contributed by atoms with Crippen LogP contribution in [0.25, 0.3) is 11.3 Å². The van der Waals surface area contributed by atoms with Crippen LogP contribution in [0.1, 0.15) is 5.76 Å². The van der Waals surface area contributed by atoms with Gasteiger partial charge in [-0.25, -0.2) is 18.1 Å². The SMILES string of the molecule is COc1ccc(OC)c(-c2csc(=Nc3ccc(S(=O)(=O)N4CCOCC4)cc3)n2N=Cc2ccc([N+](=O)[O-])o2)c1. The Morgan fingerprint density at radius 1 is 1.05 bits per heavy atom. The largest absolute Gasteiger partial charge is 0.497 e. The minimum Gasteiger partial charge on any atom is -0.497 e. The standard InChI is InChI=1S/C26H25N5O8S2/c1-36-19-5-9-24(37-2)22(15-19)23-17-40-26(30(23)27-16-20-6-10-25(39-20)31(32)33)28-18-3-7-21(8-4-18)41(34,35)29-11-13-38-14-12-29/h3-10,15-17H,11-14H2,1-2H3. The van der Waals surface area contributed by atoms with Gasteiger partial charge in [-0.2, -0.15) is 9.41 Å². The number of sulfonamides is 1. The minimum absolute atomic E-state index is 0.164. The van der Waals surface area contributed by atoms with Crippen molar-refractivity contribution in [1.82, 2.24) is 8.98 Å². The summed E-state index contributed by atoms with van der Waals surface area (Å²) >= 11 is 1.28. The van der Waals surface area contributed by atoms with Crippen molar-refractivity contribution in [2.24, 2.45) is 10.1 Å². The molecule has 5 rings (SSSR count). The summed E-state index contributed by atoms with van der Waals surface area (Å²) in [5, 5.41) is 17.4. The lowest BCUT2D eigenvalue weighted by atomic mass is 10.1. The lowest BCUT2D eigenvalue weighted by Crippen LogP contribution is -2.40. The van der Waals surface area contributed by atoms with E-state index >= 15 is 0 Å². The van der Waals surface area contributed by atoms with Gasteiger partial charge in [-0.15, -0.1) is 11.3 Å². The third kappa shape index (κ3) is 6.07. The number of benzene rings is 2. The second kappa shape index (κ2) is 12.1. The Kier molecular flexibility index (Phi) is 8.30. The van der Waals surface area contributed by atoms with Crippen LogP contribution in [-0.2, 0) is 14.8 Å². The average Bonchev–Trinajstić information content (AvgIpc) is 3.64. The first kappa shape index (κ1) is 28.2. The fraction of sp³-hybridized carbons (Fsp3) is 0.231. The van der Waals surface area contributed by atoms with Gasteiger partial charge in [0.05, 0.1) is 56.0 Å². The van der Waals surface area contributed by atoms with E-state index < -0.39 is 20.8 Å². The Bertz CT molecular complexity index is 1750. The van der Waals surface area contributed by atoms with Gasteiger partial charge >= 0.3 is 5.88 Å². The van der Waals surface area contributed by atoms with Crippen LogP contribution in [0.3, 0.4) is 0 Å². The summed E-state index contributed by atoms with van der Waals surface area (Å²) < 4.78 is 50.4. The predicted octanol–water partition coefficient (Wildman–Crippen LogP) is 3.87. The molecule has 4 aromatic rings. The highest BCUT2D eigenvalue weighted by Gasteiger charge is 2.26. The maximum Gasteiger partial charge on any atom is 0.433 e. The van der Waals surface area contributed by atoms with Crippen molar-refractivity contribution in [1.29, 1.82) is 0 Å². The van der Waals surface area contributed by atoms with E-state index in [4.69, 9.17) is 23.6 Å². The molecule has 15 heteroatoms. The Labute approximate surface area is 238 Å². The predicted molar refractivity (Wildman–Crippen MR) is 150 cm³/mol. The van der Waals surface area contributed by atoms with Crippen LogP contribution >= 0.6 is 11.3 Å². The monoisotopic (exact) mass is 599 g/mol. The second-order valence-electron chi connectivity index (χ2n) is 8.58. The number of methoxy groups -OCH3 is 2. The van der Waals surface area contributed by atoms with E-state index in [-0.39, 0.29) is 10.7 Å². The molecule has 0 bridgehead atoms. The molecule has 1 saturated heterocycles. The normalized spacial score (nSPS) is 14.9. The van der Waals surface area contributed by atoms with Crippen LogP contribution in [-0.4, -0.2) is 69.1 Å². The molecule has 0 unspecified atom stereocenters. The summed E-state index contributed by atoms with van der Waals surface area (Å²) in [6.45, 7) is 1.32. The molecular weight excluding hydrogens is 574 g/mol. The smallest absolute Gasteiger partial charge is 0.433 e. The minimum atomic E-state index is -3.65. The van der Waals surface area contributed by atoms with Gasteiger partial charge in [-0.05, 0) is 48.5 Å². The molecule has 0 atom stereocenters. The first-order valence-corrected chi connectivity index (χ1v) is 14.6. The van der Waals surface area contributed by atoms with E-state index in [0.717, 1.165) is 0 Å². The first-order chi connectivity index (χ1) is 19.8. The number of hydrogen-bond acceptors (Lipinski definition) is 11. The number of morpholine rings is 1. The fourth-order valence-corrected chi connectivity index (χ4v) is 6.31. The van der Waals surface area contributed by atoms with Crippen molar-refractivity contribution in [3.63, 3.8) is 0 Å². The van der Waals surface area contributed by atoms with Crippen molar-refractivity contribution in [2.75, 3.05) is 40.5 Å². The number of hydrogen-bond donors (Lipinski definition) is 0. The van der Waals surface area contributed by atoms with Crippen molar-refractivity contribution in [3.8, 4) is 22.8 Å². The van der Waals surface area contributed by atoms with E-state index in [9.17, 15) is 18.5 Å². The summed E-state index contributed by atoms with van der Waals surface area (Å²) in [4.78, 5) is 15.7. The van der Waals surface area contributed by atoms with Gasteiger partial charge in [-0.1, -0.05) is 0 Å². The molecular formula is C26H25N5O8S2. The molecule has 2 aromatic carbocycles.